The summed E-state index contributed by atoms with van der Waals surface area (Å²) in [7, 11) is -3.56. The number of nitrogens with zero attached hydrogens (tertiary/aromatic N) is 3. The van der Waals surface area contributed by atoms with E-state index in [4.69, 9.17) is 11.6 Å². The van der Waals surface area contributed by atoms with Crippen LogP contribution in [0.1, 0.15) is 35.1 Å². The highest BCUT2D eigenvalue weighted by molar-refractivity contribution is 7.92. The van der Waals surface area contributed by atoms with Gasteiger partial charge in [0.15, 0.2) is 0 Å². The van der Waals surface area contributed by atoms with Crippen molar-refractivity contribution in [2.24, 2.45) is 0 Å². The molecule has 6 rings (SSSR count). The van der Waals surface area contributed by atoms with Crippen molar-refractivity contribution in [1.29, 1.82) is 0 Å². The molecular formula is C31H33ClFN5O4S. The lowest BCUT2D eigenvalue weighted by molar-refractivity contribution is -0.138. The number of piperidine rings is 1. The summed E-state index contributed by atoms with van der Waals surface area (Å²) >= 11 is 6.08. The molecular weight excluding hydrogens is 593 g/mol. The number of nitrogens with one attached hydrogen (secondary N) is 2. The predicted octanol–water partition coefficient (Wildman–Crippen LogP) is 2.96. The molecule has 3 aromatic rings. The maximum absolute atomic E-state index is 14.3. The Labute approximate surface area is 255 Å². The number of fused-ring (bicyclic) bond motifs is 3. The van der Waals surface area contributed by atoms with Crippen LogP contribution in [0.2, 0.25) is 5.02 Å². The van der Waals surface area contributed by atoms with Gasteiger partial charge in [-0.05, 0) is 77.9 Å². The summed E-state index contributed by atoms with van der Waals surface area (Å²) in [6.07, 6.45) is 6.34. The summed E-state index contributed by atoms with van der Waals surface area (Å²) in [4.78, 5) is 33.4. The monoisotopic (exact) mass is 625 g/mol. The number of hydrogen-bond donors (Lipinski definition) is 2. The predicted molar refractivity (Wildman–Crippen MR) is 162 cm³/mol. The normalized spacial score (nSPS) is 19.9. The number of benzene rings is 2. The fourth-order valence-electron chi connectivity index (χ4n) is 6.55. The molecule has 0 saturated carbocycles. The van der Waals surface area contributed by atoms with Gasteiger partial charge in [-0.2, -0.15) is 0 Å². The lowest BCUT2D eigenvalue weighted by atomic mass is 9.74. The van der Waals surface area contributed by atoms with Crippen LogP contribution in [0.4, 0.5) is 10.1 Å². The first-order chi connectivity index (χ1) is 20.5. The number of aromatic nitrogens is 1. The van der Waals surface area contributed by atoms with Gasteiger partial charge in [0.2, 0.25) is 21.8 Å². The van der Waals surface area contributed by atoms with E-state index in [1.807, 2.05) is 18.2 Å². The van der Waals surface area contributed by atoms with Crippen molar-refractivity contribution in [1.82, 2.24) is 20.5 Å². The molecule has 43 heavy (non-hydrogen) atoms. The lowest BCUT2D eigenvalue weighted by Crippen LogP contribution is -2.57. The van der Waals surface area contributed by atoms with Crippen molar-refractivity contribution in [2.75, 3.05) is 30.2 Å². The van der Waals surface area contributed by atoms with Crippen molar-refractivity contribution in [3.05, 3.63) is 94.0 Å². The average Bonchev–Trinajstić information content (AvgIpc) is 3.31. The van der Waals surface area contributed by atoms with E-state index in [0.717, 1.165) is 22.9 Å². The van der Waals surface area contributed by atoms with Crippen molar-refractivity contribution < 1.29 is 22.4 Å². The van der Waals surface area contributed by atoms with E-state index in [1.165, 1.54) is 22.5 Å². The first-order valence-electron chi connectivity index (χ1n) is 14.3. The van der Waals surface area contributed by atoms with Gasteiger partial charge in [-0.25, -0.2) is 12.8 Å². The topological polar surface area (TPSA) is 112 Å². The van der Waals surface area contributed by atoms with Gasteiger partial charge in [-0.1, -0.05) is 23.7 Å². The molecule has 1 saturated heterocycles. The Kier molecular flexibility index (Phi) is 7.91. The molecule has 2 aromatic carbocycles. The smallest absolute Gasteiger partial charge is 0.245 e. The average molecular weight is 626 g/mol. The molecule has 2 atom stereocenters. The highest BCUT2D eigenvalue weighted by Gasteiger charge is 2.48. The Morgan fingerprint density at radius 1 is 1.14 bits per heavy atom. The Morgan fingerprint density at radius 3 is 2.60 bits per heavy atom. The van der Waals surface area contributed by atoms with Crippen LogP contribution >= 0.6 is 11.6 Å². The minimum Gasteiger partial charge on any atom is -0.343 e. The highest BCUT2D eigenvalue weighted by Crippen LogP contribution is 2.48. The second-order valence-electron chi connectivity index (χ2n) is 11.7. The van der Waals surface area contributed by atoms with Gasteiger partial charge in [0, 0.05) is 55.4 Å². The Hall–Kier alpha value is -3.54. The third-order valence-electron chi connectivity index (χ3n) is 8.93. The quantitative estimate of drug-likeness (QED) is 0.436. The molecule has 1 spiro atoms. The van der Waals surface area contributed by atoms with Crippen LogP contribution in [-0.4, -0.2) is 68.1 Å². The number of anilines is 1. The third kappa shape index (κ3) is 5.98. The molecule has 4 heterocycles. The number of sulfonamides is 1. The zero-order chi connectivity index (χ0) is 30.4. The number of pyridine rings is 1. The Morgan fingerprint density at radius 2 is 1.88 bits per heavy atom. The van der Waals surface area contributed by atoms with Crippen molar-refractivity contribution >= 4 is 39.1 Å². The SMILES string of the molecule is CS(=O)(=O)N1CC2(CCN(C(=O)[C@@H](Cc3ccc(Cl)cc3)NC(=O)C3Cc4cnccc4CN3)CC2)c2cc(F)ccc21. The molecule has 0 bridgehead atoms. The van der Waals surface area contributed by atoms with Gasteiger partial charge in [0.05, 0.1) is 18.0 Å². The van der Waals surface area contributed by atoms with Crippen molar-refractivity contribution in [2.45, 2.75) is 49.7 Å². The number of amides is 2. The maximum atomic E-state index is 14.3. The maximum Gasteiger partial charge on any atom is 0.245 e. The van der Waals surface area contributed by atoms with E-state index in [2.05, 4.69) is 15.6 Å². The van der Waals surface area contributed by atoms with Gasteiger partial charge in [0.1, 0.15) is 11.9 Å². The van der Waals surface area contributed by atoms with Crippen LogP contribution in [0.5, 0.6) is 0 Å². The number of halogens is 2. The van der Waals surface area contributed by atoms with E-state index >= 15 is 0 Å². The molecule has 3 aliphatic rings. The van der Waals surface area contributed by atoms with Crippen LogP contribution in [0.15, 0.2) is 60.9 Å². The van der Waals surface area contributed by atoms with Gasteiger partial charge in [0.25, 0.3) is 0 Å². The van der Waals surface area contributed by atoms with Crippen LogP contribution < -0.4 is 14.9 Å². The number of likely N-dealkylation sites (tertiary alicyclic amines) is 1. The summed E-state index contributed by atoms with van der Waals surface area (Å²) in [6, 6.07) is 12.0. The van der Waals surface area contributed by atoms with E-state index in [9.17, 15) is 22.4 Å². The van der Waals surface area contributed by atoms with Gasteiger partial charge in [-0.3, -0.25) is 18.9 Å². The van der Waals surface area contributed by atoms with E-state index in [-0.39, 0.29) is 24.8 Å². The van der Waals surface area contributed by atoms with Crippen LogP contribution in [0.25, 0.3) is 0 Å². The van der Waals surface area contributed by atoms with E-state index < -0.39 is 33.3 Å². The van der Waals surface area contributed by atoms with Crippen LogP contribution in [-0.2, 0) is 44.4 Å². The molecule has 226 valence electrons. The summed E-state index contributed by atoms with van der Waals surface area (Å²) < 4.78 is 40.8. The fourth-order valence-corrected chi connectivity index (χ4v) is 7.67. The summed E-state index contributed by atoms with van der Waals surface area (Å²) in [5.41, 5.74) is 3.51. The van der Waals surface area contributed by atoms with E-state index in [0.29, 0.717) is 55.2 Å². The molecule has 0 radical (unpaired) electrons. The molecule has 2 amide bonds. The minimum atomic E-state index is -3.56. The van der Waals surface area contributed by atoms with Crippen molar-refractivity contribution in [3.8, 4) is 0 Å². The molecule has 1 aromatic heterocycles. The van der Waals surface area contributed by atoms with Crippen molar-refractivity contribution in [3.63, 3.8) is 0 Å². The standard InChI is InChI=1S/C31H33ClFN5O4S/c1-43(41,42)38-19-31(25-16-24(33)6-7-28(25)38)9-12-37(13-10-31)30(40)27(14-20-2-4-23(32)5-3-20)36-29(39)26-15-22-17-34-11-8-21(22)18-35-26/h2-8,11,16-17,26-27,35H,9-10,12-15,18-19H2,1H3,(H,36,39)/t26?,27-/m1/s1. The zero-order valence-corrected chi connectivity index (χ0v) is 25.3. The number of rotatable bonds is 6. The highest BCUT2D eigenvalue weighted by atomic mass is 35.5. The first kappa shape index (κ1) is 29.5. The summed E-state index contributed by atoms with van der Waals surface area (Å²) in [5.74, 6) is -0.903. The fraction of sp³-hybridized carbons (Fsp3) is 0.387. The molecule has 9 nitrogen and oxygen atoms in total. The summed E-state index contributed by atoms with van der Waals surface area (Å²) in [5, 5.41) is 6.85. The van der Waals surface area contributed by atoms with Crippen LogP contribution in [0.3, 0.4) is 0 Å². The van der Waals surface area contributed by atoms with Gasteiger partial charge < -0.3 is 15.5 Å². The third-order valence-corrected chi connectivity index (χ3v) is 10.3. The van der Waals surface area contributed by atoms with Crippen LogP contribution in [0, 0.1) is 5.82 Å². The Bertz CT molecular complexity index is 1660. The Balaban J connectivity index is 1.20. The molecule has 1 unspecified atom stereocenters. The molecule has 1 fully saturated rings. The number of hydrogen-bond acceptors (Lipinski definition) is 6. The lowest BCUT2D eigenvalue weighted by Gasteiger charge is -2.41. The zero-order valence-electron chi connectivity index (χ0n) is 23.7. The molecule has 0 aliphatic carbocycles. The molecule has 2 N–H and O–H groups in total. The van der Waals surface area contributed by atoms with Gasteiger partial charge in [-0.15, -0.1) is 0 Å². The largest absolute Gasteiger partial charge is 0.343 e. The first-order valence-corrected chi connectivity index (χ1v) is 16.5. The molecule has 3 aliphatic heterocycles. The molecule has 12 heteroatoms. The second-order valence-corrected chi connectivity index (χ2v) is 14.1. The summed E-state index contributed by atoms with van der Waals surface area (Å²) in [6.45, 7) is 1.44. The number of carbonyl (C=O) groups is 2. The minimum absolute atomic E-state index is 0.210. The second kappa shape index (κ2) is 11.5. The van der Waals surface area contributed by atoms with Gasteiger partial charge >= 0.3 is 0 Å². The number of carbonyl (C=O) groups excluding carboxylic acids is 2. The van der Waals surface area contributed by atoms with E-state index in [1.54, 1.807) is 29.4 Å².